The van der Waals surface area contributed by atoms with Gasteiger partial charge in [-0.3, -0.25) is 23.7 Å². The Bertz CT molecular complexity index is 3680. The average Bonchev–Trinajstić information content (AvgIpc) is 3.38. The highest BCUT2D eigenvalue weighted by molar-refractivity contribution is 6.41. The lowest BCUT2D eigenvalue weighted by Gasteiger charge is -2.19. The second-order valence-electron chi connectivity index (χ2n) is 16.3. The highest BCUT2D eigenvalue weighted by atomic mass is 35.5. The number of nitrogens with zero attached hydrogens (tertiary/aromatic N) is 5. The summed E-state index contributed by atoms with van der Waals surface area (Å²) in [5.74, 6) is -1.07. The quantitative estimate of drug-likeness (QED) is 0.0496. The molecule has 0 radical (unpaired) electrons. The van der Waals surface area contributed by atoms with Crippen LogP contribution in [0.5, 0.6) is 23.0 Å². The van der Waals surface area contributed by atoms with E-state index >= 15 is 4.39 Å². The Labute approximate surface area is 448 Å². The molecule has 0 bridgehead atoms. The van der Waals surface area contributed by atoms with Gasteiger partial charge in [0.15, 0.2) is 5.65 Å². The highest BCUT2D eigenvalue weighted by Crippen LogP contribution is 2.47. The van der Waals surface area contributed by atoms with Crippen LogP contribution in [0.2, 0.25) is 20.1 Å². The summed E-state index contributed by atoms with van der Waals surface area (Å²) >= 11 is 27.1. The van der Waals surface area contributed by atoms with Gasteiger partial charge in [-0.05, 0) is 68.3 Å². The average molecular weight is 1100 g/mol. The van der Waals surface area contributed by atoms with E-state index in [9.17, 15) is 19.2 Å². The van der Waals surface area contributed by atoms with Crippen LogP contribution in [0.1, 0.15) is 30.7 Å². The van der Waals surface area contributed by atoms with Gasteiger partial charge in [-0.25, -0.2) is 14.4 Å². The van der Waals surface area contributed by atoms with Crippen LogP contribution >= 0.6 is 46.4 Å². The lowest BCUT2D eigenvalue weighted by Crippen LogP contribution is -2.22. The third-order valence-electron chi connectivity index (χ3n) is 11.5. The van der Waals surface area contributed by atoms with E-state index < -0.39 is 28.8 Å². The summed E-state index contributed by atoms with van der Waals surface area (Å²) in [4.78, 5) is 67.4. The number of hydrogen-bond acceptors (Lipinski definition) is 13. The molecular formula is C53H46Cl4FN9O8. The third kappa shape index (κ3) is 11.2. The zero-order valence-corrected chi connectivity index (χ0v) is 44.4. The van der Waals surface area contributed by atoms with Gasteiger partial charge in [0.25, 0.3) is 17.0 Å². The van der Waals surface area contributed by atoms with E-state index in [0.29, 0.717) is 33.9 Å². The molecule has 3 heterocycles. The Balaban J connectivity index is 1.15. The number of rotatable bonds is 17. The van der Waals surface area contributed by atoms with Crippen molar-refractivity contribution in [2.24, 2.45) is 14.1 Å². The Morgan fingerprint density at radius 1 is 0.733 bits per heavy atom. The Morgan fingerprint density at radius 3 is 1.95 bits per heavy atom. The lowest BCUT2D eigenvalue weighted by atomic mass is 10.0. The molecular weight excluding hydrogens is 1050 g/mol. The van der Waals surface area contributed by atoms with Crippen LogP contribution in [-0.2, 0) is 23.7 Å². The van der Waals surface area contributed by atoms with Crippen LogP contribution in [-0.4, -0.2) is 57.2 Å². The monoisotopic (exact) mass is 1100 g/mol. The van der Waals surface area contributed by atoms with Crippen LogP contribution in [0, 0.1) is 12.7 Å². The predicted molar refractivity (Wildman–Crippen MR) is 295 cm³/mol. The third-order valence-corrected chi connectivity index (χ3v) is 13.0. The van der Waals surface area contributed by atoms with E-state index in [0.717, 1.165) is 6.08 Å². The van der Waals surface area contributed by atoms with Crippen molar-refractivity contribution in [3.05, 3.63) is 161 Å². The van der Waals surface area contributed by atoms with Crippen molar-refractivity contribution in [1.29, 1.82) is 0 Å². The van der Waals surface area contributed by atoms with Crippen LogP contribution in [0.4, 0.5) is 33.1 Å². The van der Waals surface area contributed by atoms with Crippen LogP contribution in [0.15, 0.2) is 107 Å². The van der Waals surface area contributed by atoms with Crippen molar-refractivity contribution in [2.45, 2.75) is 20.8 Å². The van der Waals surface area contributed by atoms with Gasteiger partial charge < -0.3 is 44.8 Å². The minimum atomic E-state index is -0.636. The Hall–Kier alpha value is -8.16. The first-order valence-corrected chi connectivity index (χ1v) is 23.7. The molecule has 4 N–H and O–H groups in total. The molecule has 0 saturated heterocycles. The number of para-hydroxylation sites is 2. The molecule has 0 unspecified atom stereocenters. The van der Waals surface area contributed by atoms with Crippen molar-refractivity contribution in [3.8, 4) is 45.4 Å². The minimum absolute atomic E-state index is 0.00154. The number of benzene rings is 4. The summed E-state index contributed by atoms with van der Waals surface area (Å²) in [7, 11) is 7.24. The first kappa shape index (κ1) is 54.6. The van der Waals surface area contributed by atoms with Crippen LogP contribution in [0.3, 0.4) is 0 Å². The smallest absolute Gasteiger partial charge is 0.278 e. The number of allylic oxidation sites excluding steroid dienone is 2. The summed E-state index contributed by atoms with van der Waals surface area (Å²) in [5.41, 5.74) is 2.35. The van der Waals surface area contributed by atoms with Gasteiger partial charge in [0, 0.05) is 43.6 Å². The summed E-state index contributed by atoms with van der Waals surface area (Å²) in [6.45, 7) is 12.4. The normalized spacial score (nSPS) is 11.5. The number of carbonyl (C=O) groups excluding carboxylic acids is 2. The van der Waals surface area contributed by atoms with E-state index in [-0.39, 0.29) is 99.7 Å². The largest absolute Gasteiger partial charge is 0.495 e. The van der Waals surface area contributed by atoms with E-state index in [1.165, 1.54) is 106 Å². The Morgan fingerprint density at radius 2 is 1.32 bits per heavy atom. The topological polar surface area (TPSA) is 202 Å². The summed E-state index contributed by atoms with van der Waals surface area (Å²) < 4.78 is 40.1. The highest BCUT2D eigenvalue weighted by Gasteiger charge is 2.26. The Kier molecular flexibility index (Phi) is 16.7. The first-order valence-electron chi connectivity index (χ1n) is 22.2. The maximum Gasteiger partial charge on any atom is 0.278 e. The zero-order valence-electron chi connectivity index (χ0n) is 41.4. The number of amides is 2. The van der Waals surface area contributed by atoms with Crippen molar-refractivity contribution in [3.63, 3.8) is 0 Å². The van der Waals surface area contributed by atoms with Crippen molar-refractivity contribution in [1.82, 2.24) is 24.1 Å². The van der Waals surface area contributed by atoms with Crippen molar-refractivity contribution in [2.75, 3.05) is 42.6 Å². The molecule has 0 saturated carbocycles. The maximum absolute atomic E-state index is 15.0. The molecule has 17 nitrogen and oxygen atoms in total. The fourth-order valence-electron chi connectivity index (χ4n) is 7.76. The van der Waals surface area contributed by atoms with E-state index in [1.807, 2.05) is 13.0 Å². The zero-order chi connectivity index (χ0) is 54.6. The fraction of sp³-hybridized carbons (Fsp3) is 0.151. The second kappa shape index (κ2) is 22.9. The molecule has 4 aromatic carbocycles. The number of carbonyl (C=O) groups is 2. The summed E-state index contributed by atoms with van der Waals surface area (Å²) in [5, 5.41) is 11.6. The van der Waals surface area contributed by atoms with Gasteiger partial charge in [-0.15, -0.1) is 0 Å². The number of fused-ring (bicyclic) bond motifs is 1. The molecule has 22 heteroatoms. The van der Waals surface area contributed by atoms with E-state index in [2.05, 4.69) is 49.4 Å². The number of aromatic nitrogens is 5. The van der Waals surface area contributed by atoms with E-state index in [4.69, 9.17) is 65.4 Å². The van der Waals surface area contributed by atoms with Crippen LogP contribution < -0.4 is 51.3 Å². The van der Waals surface area contributed by atoms with Crippen molar-refractivity contribution < 1.29 is 32.9 Å². The molecule has 3 aromatic heterocycles. The lowest BCUT2D eigenvalue weighted by molar-refractivity contribution is -0.112. The molecule has 0 fully saturated rings. The van der Waals surface area contributed by atoms with Gasteiger partial charge in [0.05, 0.1) is 87.2 Å². The molecule has 0 aliphatic carbocycles. The minimum Gasteiger partial charge on any atom is -0.495 e. The SMILES string of the molecule is C=CC(=O)Nc1cccc(F)c1N/C(C)=C/c1c(C=C)cc(-c2c(Cl)c(OC)cc(O/C(C)=C\C(=O)Nc3cccc(C)c3Nc3ncc4nc(-c5c(Cl)c(OC)cc(OC)c5Cl)c(=O)n(C)c4n3)c2Cl)c(=O)n1C. The van der Waals surface area contributed by atoms with Gasteiger partial charge in [0.2, 0.25) is 11.9 Å². The predicted octanol–water partition coefficient (Wildman–Crippen LogP) is 11.7. The number of nitrogens with one attached hydrogen (secondary N) is 4. The number of halogens is 5. The molecule has 0 atom stereocenters. The first-order chi connectivity index (χ1) is 35.7. The second-order valence-corrected chi connectivity index (χ2v) is 17.8. The van der Waals surface area contributed by atoms with Gasteiger partial charge in [0.1, 0.15) is 45.8 Å². The van der Waals surface area contributed by atoms with Gasteiger partial charge in [-0.1, -0.05) is 83.8 Å². The maximum atomic E-state index is 15.0. The number of anilines is 5. The van der Waals surface area contributed by atoms with Crippen LogP contribution in [0.25, 0.3) is 45.7 Å². The number of aryl methyl sites for hydroxylation is 2. The molecule has 0 aliphatic rings. The van der Waals surface area contributed by atoms with Gasteiger partial charge >= 0.3 is 0 Å². The molecule has 75 heavy (non-hydrogen) atoms. The van der Waals surface area contributed by atoms with E-state index in [1.54, 1.807) is 25.1 Å². The van der Waals surface area contributed by atoms with Crippen molar-refractivity contribution >= 4 is 110 Å². The molecule has 2 amide bonds. The fourth-order valence-corrected chi connectivity index (χ4v) is 9.11. The number of hydrogen-bond donors (Lipinski definition) is 4. The standard InChI is InChI=1S/C53H46Cl4FN9O8/c1-11-28-21-29(51(70)66(6)34(28)19-26(4)60-48-30(58)16-14-18-32(48)61-39(68)12-2)41-43(54)37(74-10)23-38(46(41)57)75-27(5)20-40(69)62-31-17-13-15-25(3)47(31)64-53-59-24-33-50(65-53)67(7)52(71)49(63-33)42-44(55)35(72-8)22-36(73-9)45(42)56/h11-24,60H,1-2H2,3-10H3,(H,61,68)(H,62,69)(H,59,64,65)/b26-19+,27-20-. The van der Waals surface area contributed by atoms with Gasteiger partial charge in [-0.2, -0.15) is 4.98 Å². The number of pyridine rings is 1. The molecule has 0 aliphatic heterocycles. The number of ether oxygens (including phenoxy) is 4. The molecule has 7 aromatic rings. The summed E-state index contributed by atoms with van der Waals surface area (Å²) in [6, 6.07) is 13.9. The molecule has 0 spiro atoms. The molecule has 386 valence electrons. The molecule has 7 rings (SSSR count). The summed E-state index contributed by atoms with van der Waals surface area (Å²) in [6.07, 6.45) is 6.79. The number of methoxy groups -OCH3 is 3.